The van der Waals surface area contributed by atoms with Crippen molar-refractivity contribution in [2.45, 2.75) is 51.6 Å². The lowest BCUT2D eigenvalue weighted by Gasteiger charge is -2.21. The van der Waals surface area contributed by atoms with Crippen LogP contribution in [0.5, 0.6) is 0 Å². The van der Waals surface area contributed by atoms with Gasteiger partial charge in [0.2, 0.25) is 5.91 Å². The van der Waals surface area contributed by atoms with E-state index in [1.165, 1.54) is 5.69 Å². The van der Waals surface area contributed by atoms with Gasteiger partial charge in [0.1, 0.15) is 0 Å². The Kier molecular flexibility index (Phi) is 4.24. The van der Waals surface area contributed by atoms with Gasteiger partial charge in [0.25, 0.3) is 0 Å². The third kappa shape index (κ3) is 4.06. The molecule has 2 N–H and O–H groups in total. The number of carbonyl (C=O) groups is 1. The molecule has 0 radical (unpaired) electrons. The van der Waals surface area contributed by atoms with E-state index < -0.39 is 0 Å². The number of rotatable bonds is 4. The Hall–Kier alpha value is -1.36. The van der Waals surface area contributed by atoms with Gasteiger partial charge in [-0.3, -0.25) is 4.79 Å². The van der Waals surface area contributed by atoms with E-state index in [0.717, 1.165) is 19.5 Å². The summed E-state index contributed by atoms with van der Waals surface area (Å²) >= 11 is 0. The van der Waals surface area contributed by atoms with Crippen molar-refractivity contribution in [1.82, 2.24) is 20.2 Å². The number of aromatic nitrogens is 2. The van der Waals surface area contributed by atoms with Gasteiger partial charge in [0.05, 0.1) is 6.33 Å². The Morgan fingerprint density at radius 2 is 2.37 bits per heavy atom. The first-order valence-electron chi connectivity index (χ1n) is 6.97. The highest BCUT2D eigenvalue weighted by Gasteiger charge is 2.20. The molecule has 0 aliphatic carbocycles. The Morgan fingerprint density at radius 3 is 3.00 bits per heavy atom. The number of hydrogen-bond acceptors (Lipinski definition) is 3. The zero-order valence-corrected chi connectivity index (χ0v) is 12.1. The van der Waals surface area contributed by atoms with E-state index in [1.54, 1.807) is 0 Å². The van der Waals surface area contributed by atoms with E-state index in [-0.39, 0.29) is 11.4 Å². The minimum Gasteiger partial charge on any atom is -0.351 e. The molecule has 1 aliphatic heterocycles. The minimum absolute atomic E-state index is 0.0942. The van der Waals surface area contributed by atoms with Crippen LogP contribution in [0, 0.1) is 0 Å². The lowest BCUT2D eigenvalue weighted by molar-refractivity contribution is -0.122. The first kappa shape index (κ1) is 14.1. The number of amides is 1. The summed E-state index contributed by atoms with van der Waals surface area (Å²) in [5.74, 6) is 0.630. The van der Waals surface area contributed by atoms with Crippen molar-refractivity contribution >= 4 is 5.91 Å². The highest BCUT2D eigenvalue weighted by atomic mass is 16.1. The fourth-order valence-electron chi connectivity index (χ4n) is 2.47. The van der Waals surface area contributed by atoms with E-state index in [1.807, 2.05) is 33.3 Å². The van der Waals surface area contributed by atoms with Crippen molar-refractivity contribution in [2.24, 2.45) is 0 Å². The second-order valence-electron chi connectivity index (χ2n) is 6.25. The van der Waals surface area contributed by atoms with Gasteiger partial charge in [0.15, 0.2) is 0 Å². The fourth-order valence-corrected chi connectivity index (χ4v) is 2.47. The van der Waals surface area contributed by atoms with Crippen molar-refractivity contribution in [3.63, 3.8) is 0 Å². The van der Waals surface area contributed by atoms with Crippen LogP contribution in [0.3, 0.4) is 0 Å². The molecule has 1 aliphatic rings. The second-order valence-corrected chi connectivity index (χ2v) is 6.25. The van der Waals surface area contributed by atoms with Gasteiger partial charge in [-0.25, -0.2) is 4.98 Å². The van der Waals surface area contributed by atoms with Gasteiger partial charge in [-0.05, 0) is 33.7 Å². The molecule has 0 aromatic carbocycles. The van der Waals surface area contributed by atoms with Gasteiger partial charge in [-0.1, -0.05) is 0 Å². The van der Waals surface area contributed by atoms with Crippen molar-refractivity contribution in [3.8, 4) is 0 Å². The molecular weight excluding hydrogens is 240 g/mol. The number of carbonyl (C=O) groups excluding carboxylic acids is 1. The molecule has 1 unspecified atom stereocenters. The normalized spacial score (nSPS) is 19.6. The standard InChI is InChI=1S/C14H24N4O/c1-14(2,3)17-13(19)5-7-18-10-16-9-12(18)11-4-6-15-8-11/h9-11,15H,4-8H2,1-3H3,(H,17,19). The number of hydrogen-bond donors (Lipinski definition) is 2. The van der Waals surface area contributed by atoms with Crippen LogP contribution in [0.1, 0.15) is 45.2 Å². The van der Waals surface area contributed by atoms with E-state index in [2.05, 4.69) is 20.2 Å². The minimum atomic E-state index is -0.162. The zero-order chi connectivity index (χ0) is 13.9. The summed E-state index contributed by atoms with van der Waals surface area (Å²) in [4.78, 5) is 16.1. The van der Waals surface area contributed by atoms with Crippen LogP contribution in [0.4, 0.5) is 0 Å². The number of nitrogens with one attached hydrogen (secondary N) is 2. The number of aryl methyl sites for hydroxylation is 1. The second kappa shape index (κ2) is 5.74. The van der Waals surface area contributed by atoms with Crippen LogP contribution < -0.4 is 10.6 Å². The molecule has 2 heterocycles. The maximum Gasteiger partial charge on any atom is 0.222 e. The summed E-state index contributed by atoms with van der Waals surface area (Å²) in [6.45, 7) is 8.78. The molecule has 1 saturated heterocycles. The lowest BCUT2D eigenvalue weighted by atomic mass is 10.1. The zero-order valence-electron chi connectivity index (χ0n) is 12.1. The molecule has 19 heavy (non-hydrogen) atoms. The van der Waals surface area contributed by atoms with Crippen LogP contribution in [0.15, 0.2) is 12.5 Å². The van der Waals surface area contributed by atoms with E-state index in [4.69, 9.17) is 0 Å². The molecule has 5 nitrogen and oxygen atoms in total. The maximum absolute atomic E-state index is 11.8. The van der Waals surface area contributed by atoms with E-state index >= 15 is 0 Å². The predicted molar refractivity (Wildman–Crippen MR) is 75.0 cm³/mol. The Morgan fingerprint density at radius 1 is 1.58 bits per heavy atom. The van der Waals surface area contributed by atoms with Gasteiger partial charge < -0.3 is 15.2 Å². The molecule has 5 heteroatoms. The van der Waals surface area contributed by atoms with Crippen molar-refractivity contribution in [2.75, 3.05) is 13.1 Å². The van der Waals surface area contributed by atoms with Crippen LogP contribution >= 0.6 is 0 Å². The molecule has 2 rings (SSSR count). The third-order valence-electron chi connectivity index (χ3n) is 3.32. The van der Waals surface area contributed by atoms with Crippen LogP contribution in [-0.2, 0) is 11.3 Å². The van der Waals surface area contributed by atoms with Gasteiger partial charge in [-0.2, -0.15) is 0 Å². The maximum atomic E-state index is 11.8. The molecule has 0 saturated carbocycles. The quantitative estimate of drug-likeness (QED) is 0.861. The smallest absolute Gasteiger partial charge is 0.222 e. The van der Waals surface area contributed by atoms with Gasteiger partial charge >= 0.3 is 0 Å². The Bertz CT molecular complexity index is 427. The molecule has 1 aromatic heterocycles. The molecular formula is C14H24N4O. The lowest BCUT2D eigenvalue weighted by Crippen LogP contribution is -2.40. The number of imidazole rings is 1. The fraction of sp³-hybridized carbons (Fsp3) is 0.714. The summed E-state index contributed by atoms with van der Waals surface area (Å²) in [6.07, 6.45) is 5.41. The molecule has 0 bridgehead atoms. The number of nitrogens with zero attached hydrogens (tertiary/aromatic N) is 2. The summed E-state index contributed by atoms with van der Waals surface area (Å²) in [5.41, 5.74) is 1.08. The SMILES string of the molecule is CC(C)(C)NC(=O)CCn1cncc1C1CCNC1. The Balaban J connectivity index is 1.89. The first-order valence-corrected chi connectivity index (χ1v) is 6.97. The van der Waals surface area contributed by atoms with Crippen LogP contribution in [0.25, 0.3) is 0 Å². The monoisotopic (exact) mass is 264 g/mol. The van der Waals surface area contributed by atoms with Gasteiger partial charge in [0, 0.05) is 42.9 Å². The summed E-state index contributed by atoms with van der Waals surface area (Å²) in [6, 6.07) is 0. The van der Waals surface area contributed by atoms with Crippen LogP contribution in [-0.4, -0.2) is 34.1 Å². The molecule has 106 valence electrons. The van der Waals surface area contributed by atoms with Gasteiger partial charge in [-0.15, -0.1) is 0 Å². The molecule has 1 aromatic rings. The Labute approximate surface area is 114 Å². The summed E-state index contributed by atoms with van der Waals surface area (Å²) < 4.78 is 2.11. The summed E-state index contributed by atoms with van der Waals surface area (Å²) in [7, 11) is 0. The molecule has 1 amide bonds. The largest absolute Gasteiger partial charge is 0.351 e. The van der Waals surface area contributed by atoms with Crippen molar-refractivity contribution in [3.05, 3.63) is 18.2 Å². The molecule has 1 atom stereocenters. The van der Waals surface area contributed by atoms with E-state index in [9.17, 15) is 4.79 Å². The first-order chi connectivity index (χ1) is 8.96. The average molecular weight is 264 g/mol. The average Bonchev–Trinajstić information content (AvgIpc) is 2.94. The molecule has 1 fully saturated rings. The summed E-state index contributed by atoms with van der Waals surface area (Å²) in [5, 5.41) is 6.35. The predicted octanol–water partition coefficient (Wildman–Crippen LogP) is 1.26. The third-order valence-corrected chi connectivity index (χ3v) is 3.32. The van der Waals surface area contributed by atoms with E-state index in [0.29, 0.717) is 18.9 Å². The highest BCUT2D eigenvalue weighted by molar-refractivity contribution is 5.76. The molecule has 0 spiro atoms. The topological polar surface area (TPSA) is 59.0 Å². The van der Waals surface area contributed by atoms with Crippen LogP contribution in [0.2, 0.25) is 0 Å². The van der Waals surface area contributed by atoms with Crippen molar-refractivity contribution < 1.29 is 4.79 Å². The van der Waals surface area contributed by atoms with Crippen molar-refractivity contribution in [1.29, 1.82) is 0 Å². The highest BCUT2D eigenvalue weighted by Crippen LogP contribution is 2.21.